The van der Waals surface area contributed by atoms with E-state index in [-0.39, 0.29) is 23.6 Å². The summed E-state index contributed by atoms with van der Waals surface area (Å²) in [4.78, 5) is 11.1. The highest BCUT2D eigenvalue weighted by Crippen LogP contribution is 2.21. The summed E-state index contributed by atoms with van der Waals surface area (Å²) in [5, 5.41) is 9.08. The molecule has 104 valence electrons. The Labute approximate surface area is 113 Å². The number of nitrogens with two attached hydrogens (primary N) is 1. The Morgan fingerprint density at radius 2 is 1.95 bits per heavy atom. The van der Waals surface area contributed by atoms with Gasteiger partial charge in [-0.25, -0.2) is 13.6 Å². The number of ether oxygens (including phenoxy) is 1. The molecule has 2 aromatic rings. The fraction of sp³-hybridized carbons (Fsp3) is 0.0714. The second-order valence-corrected chi connectivity index (χ2v) is 4.05. The van der Waals surface area contributed by atoms with Gasteiger partial charge in [0.15, 0.2) is 11.6 Å². The Balaban J connectivity index is 2.21. The van der Waals surface area contributed by atoms with Crippen molar-refractivity contribution in [1.29, 1.82) is 0 Å². The van der Waals surface area contributed by atoms with Crippen LogP contribution >= 0.6 is 0 Å². The Hall–Kier alpha value is -2.63. The highest BCUT2D eigenvalue weighted by Gasteiger charge is 2.14. The van der Waals surface area contributed by atoms with Crippen LogP contribution in [-0.2, 0) is 6.61 Å². The molecule has 0 aliphatic heterocycles. The van der Waals surface area contributed by atoms with Gasteiger partial charge in [-0.2, -0.15) is 0 Å². The zero-order valence-corrected chi connectivity index (χ0v) is 10.3. The normalized spacial score (nSPS) is 10.3. The van der Waals surface area contributed by atoms with Gasteiger partial charge >= 0.3 is 5.97 Å². The van der Waals surface area contributed by atoms with Gasteiger partial charge in [0.25, 0.3) is 0 Å². The van der Waals surface area contributed by atoms with Crippen molar-refractivity contribution in [3.8, 4) is 5.75 Å². The molecule has 0 spiro atoms. The van der Waals surface area contributed by atoms with Crippen molar-refractivity contribution in [2.45, 2.75) is 6.61 Å². The van der Waals surface area contributed by atoms with Crippen LogP contribution < -0.4 is 10.5 Å². The molecule has 0 aromatic heterocycles. The highest BCUT2D eigenvalue weighted by molar-refractivity contribution is 5.95. The van der Waals surface area contributed by atoms with Crippen molar-refractivity contribution in [1.82, 2.24) is 0 Å². The first-order valence-electron chi connectivity index (χ1n) is 5.67. The number of hydrogen-bond acceptors (Lipinski definition) is 3. The molecular formula is C14H11F2NO3. The fourth-order valence-corrected chi connectivity index (χ4v) is 1.73. The van der Waals surface area contributed by atoms with Crippen molar-refractivity contribution in [2.75, 3.05) is 5.73 Å². The van der Waals surface area contributed by atoms with E-state index in [1.807, 2.05) is 0 Å². The molecule has 0 aliphatic rings. The molecule has 0 aliphatic carbocycles. The topological polar surface area (TPSA) is 72.5 Å². The van der Waals surface area contributed by atoms with E-state index in [1.165, 1.54) is 12.1 Å². The molecule has 0 saturated heterocycles. The van der Waals surface area contributed by atoms with Crippen molar-refractivity contribution in [3.05, 3.63) is 59.2 Å². The molecule has 2 rings (SSSR count). The third-order valence-electron chi connectivity index (χ3n) is 2.68. The quantitative estimate of drug-likeness (QED) is 0.844. The fourth-order valence-electron chi connectivity index (χ4n) is 1.73. The lowest BCUT2D eigenvalue weighted by Gasteiger charge is -2.10. The molecule has 6 heteroatoms. The van der Waals surface area contributed by atoms with Gasteiger partial charge in [0.05, 0.1) is 5.56 Å². The van der Waals surface area contributed by atoms with Crippen LogP contribution in [0.1, 0.15) is 15.9 Å². The van der Waals surface area contributed by atoms with E-state index in [0.29, 0.717) is 5.56 Å². The van der Waals surface area contributed by atoms with Gasteiger partial charge in [0, 0.05) is 17.3 Å². The van der Waals surface area contributed by atoms with Crippen LogP contribution in [-0.4, -0.2) is 11.1 Å². The third kappa shape index (κ3) is 2.85. The summed E-state index contributed by atoms with van der Waals surface area (Å²) in [5.74, 6) is -3.09. The van der Waals surface area contributed by atoms with Crippen LogP contribution in [0.3, 0.4) is 0 Å². The molecule has 0 fully saturated rings. The molecule has 0 heterocycles. The van der Waals surface area contributed by atoms with Crippen LogP contribution in [0.4, 0.5) is 14.5 Å². The monoisotopic (exact) mass is 279 g/mol. The first-order valence-corrected chi connectivity index (χ1v) is 5.67. The highest BCUT2D eigenvalue weighted by atomic mass is 19.2. The maximum Gasteiger partial charge on any atom is 0.338 e. The molecule has 4 nitrogen and oxygen atoms in total. The number of halogens is 2. The minimum Gasteiger partial charge on any atom is -0.489 e. The predicted molar refractivity (Wildman–Crippen MR) is 68.5 cm³/mol. The summed E-state index contributed by atoms with van der Waals surface area (Å²) in [6, 6.07) is 7.67. The molecule has 0 bridgehead atoms. The minimum atomic E-state index is -1.17. The molecule has 0 radical (unpaired) electrons. The lowest BCUT2D eigenvalue weighted by Crippen LogP contribution is -2.09. The SMILES string of the molecule is Nc1cccc(COc2ccc(F)c(F)c2)c1C(=O)O. The molecule has 2 aromatic carbocycles. The number of nitrogen functional groups attached to an aromatic ring is 1. The van der Waals surface area contributed by atoms with Gasteiger partial charge in [0.2, 0.25) is 0 Å². The van der Waals surface area contributed by atoms with Gasteiger partial charge in [-0.3, -0.25) is 0 Å². The molecule has 0 unspecified atom stereocenters. The Morgan fingerprint density at radius 3 is 2.60 bits per heavy atom. The molecule has 3 N–H and O–H groups in total. The number of benzene rings is 2. The summed E-state index contributed by atoms with van der Waals surface area (Å²) in [6.07, 6.45) is 0. The standard InChI is InChI=1S/C14H11F2NO3/c15-10-5-4-9(6-11(10)16)20-7-8-2-1-3-12(17)13(8)14(18)19/h1-6H,7,17H2,(H,18,19). The number of carboxylic acids is 1. The summed E-state index contributed by atoms with van der Waals surface area (Å²) in [6.45, 7) is -0.113. The lowest BCUT2D eigenvalue weighted by molar-refractivity contribution is 0.0695. The van der Waals surface area contributed by atoms with Crippen LogP contribution in [0.5, 0.6) is 5.75 Å². The van der Waals surface area contributed by atoms with E-state index in [4.69, 9.17) is 15.6 Å². The average molecular weight is 279 g/mol. The van der Waals surface area contributed by atoms with Gasteiger partial charge in [0.1, 0.15) is 12.4 Å². The van der Waals surface area contributed by atoms with E-state index in [1.54, 1.807) is 12.1 Å². The Bertz CT molecular complexity index is 659. The first-order chi connectivity index (χ1) is 9.49. The van der Waals surface area contributed by atoms with Gasteiger partial charge in [-0.15, -0.1) is 0 Å². The minimum absolute atomic E-state index is 0.0601. The number of carboxylic acid groups (broad SMARTS) is 1. The number of hydrogen-bond donors (Lipinski definition) is 2. The van der Waals surface area contributed by atoms with E-state index < -0.39 is 17.6 Å². The zero-order chi connectivity index (χ0) is 14.7. The smallest absolute Gasteiger partial charge is 0.338 e. The van der Waals surface area contributed by atoms with E-state index >= 15 is 0 Å². The predicted octanol–water partition coefficient (Wildman–Crippen LogP) is 2.82. The van der Waals surface area contributed by atoms with E-state index in [9.17, 15) is 13.6 Å². The van der Waals surface area contributed by atoms with Crippen molar-refractivity contribution >= 4 is 11.7 Å². The van der Waals surface area contributed by atoms with Crippen LogP contribution in [0.25, 0.3) is 0 Å². The summed E-state index contributed by atoms with van der Waals surface area (Å²) >= 11 is 0. The number of rotatable bonds is 4. The van der Waals surface area contributed by atoms with E-state index in [0.717, 1.165) is 12.1 Å². The summed E-state index contributed by atoms with van der Waals surface area (Å²) in [7, 11) is 0. The Kier molecular flexibility index (Phi) is 3.84. The average Bonchev–Trinajstić information content (AvgIpc) is 2.39. The van der Waals surface area contributed by atoms with Crippen molar-refractivity contribution in [3.63, 3.8) is 0 Å². The molecule has 0 saturated carbocycles. The molecular weight excluding hydrogens is 268 g/mol. The summed E-state index contributed by atoms with van der Waals surface area (Å²) < 4.78 is 31.0. The van der Waals surface area contributed by atoms with Crippen LogP contribution in [0, 0.1) is 11.6 Å². The Morgan fingerprint density at radius 1 is 1.20 bits per heavy atom. The van der Waals surface area contributed by atoms with Gasteiger partial charge in [-0.1, -0.05) is 12.1 Å². The summed E-state index contributed by atoms with van der Waals surface area (Å²) in [5.41, 5.74) is 5.99. The maximum atomic E-state index is 13.0. The number of aromatic carboxylic acids is 1. The van der Waals surface area contributed by atoms with Crippen LogP contribution in [0.15, 0.2) is 36.4 Å². The van der Waals surface area contributed by atoms with Crippen molar-refractivity contribution < 1.29 is 23.4 Å². The molecule has 20 heavy (non-hydrogen) atoms. The maximum absolute atomic E-state index is 13.0. The second-order valence-electron chi connectivity index (χ2n) is 4.05. The number of carbonyl (C=O) groups is 1. The van der Waals surface area contributed by atoms with Crippen LogP contribution in [0.2, 0.25) is 0 Å². The first kappa shape index (κ1) is 13.8. The molecule has 0 amide bonds. The molecule has 0 atom stereocenters. The number of anilines is 1. The lowest BCUT2D eigenvalue weighted by atomic mass is 10.1. The van der Waals surface area contributed by atoms with Gasteiger partial charge < -0.3 is 15.6 Å². The third-order valence-corrected chi connectivity index (χ3v) is 2.68. The largest absolute Gasteiger partial charge is 0.489 e. The van der Waals surface area contributed by atoms with E-state index in [2.05, 4.69) is 0 Å². The zero-order valence-electron chi connectivity index (χ0n) is 10.3. The van der Waals surface area contributed by atoms with Crippen molar-refractivity contribution in [2.24, 2.45) is 0 Å². The second kappa shape index (κ2) is 5.56. The van der Waals surface area contributed by atoms with Gasteiger partial charge in [-0.05, 0) is 18.2 Å².